The van der Waals surface area contributed by atoms with Crippen molar-refractivity contribution >= 4 is 5.69 Å². The van der Waals surface area contributed by atoms with Gasteiger partial charge in [0.25, 0.3) is 0 Å². The summed E-state index contributed by atoms with van der Waals surface area (Å²) >= 11 is 0. The Balaban J connectivity index is 1.94. The van der Waals surface area contributed by atoms with Crippen LogP contribution >= 0.6 is 0 Å². The van der Waals surface area contributed by atoms with Crippen LogP contribution in [0, 0.1) is 13.8 Å². The number of rotatable bonds is 3. The molecule has 1 atom stereocenters. The molecule has 1 aliphatic rings. The molecule has 0 aliphatic carbocycles. The summed E-state index contributed by atoms with van der Waals surface area (Å²) in [4.78, 5) is 0. The van der Waals surface area contributed by atoms with Crippen LogP contribution in [0.2, 0.25) is 0 Å². The molecule has 128 valence electrons. The van der Waals surface area contributed by atoms with Crippen molar-refractivity contribution in [2.75, 3.05) is 19.5 Å². The maximum absolute atomic E-state index is 5.60. The molecular formula is C20H21N3O2. The molecule has 0 spiro atoms. The van der Waals surface area contributed by atoms with E-state index in [0.29, 0.717) is 0 Å². The van der Waals surface area contributed by atoms with Crippen molar-refractivity contribution in [3.05, 3.63) is 59.3 Å². The molecule has 1 unspecified atom stereocenters. The largest absolute Gasteiger partial charge is 0.497 e. The Morgan fingerprint density at radius 2 is 1.88 bits per heavy atom. The highest BCUT2D eigenvalue weighted by atomic mass is 16.5. The standard InChI is InChI=1S/C20H21N3O2/c1-12-6-5-7-15-17-10-13(2)22-23(17)20(21-19(12)15)16-11-14(24-3)8-9-18(16)25-4/h5-11,20-21H,1-4H3. The fourth-order valence-electron chi connectivity index (χ4n) is 3.45. The van der Waals surface area contributed by atoms with E-state index in [0.717, 1.165) is 34.1 Å². The zero-order valence-corrected chi connectivity index (χ0v) is 14.8. The Kier molecular flexibility index (Phi) is 3.64. The minimum Gasteiger partial charge on any atom is -0.497 e. The number of nitrogens with one attached hydrogen (secondary N) is 1. The summed E-state index contributed by atoms with van der Waals surface area (Å²) in [5.41, 5.74) is 6.57. The number of ether oxygens (including phenoxy) is 2. The van der Waals surface area contributed by atoms with Crippen LogP contribution in [0.25, 0.3) is 11.3 Å². The quantitative estimate of drug-likeness (QED) is 0.781. The number of hydrogen-bond donors (Lipinski definition) is 1. The van der Waals surface area contributed by atoms with E-state index in [9.17, 15) is 0 Å². The highest BCUT2D eigenvalue weighted by Crippen LogP contribution is 2.42. The predicted molar refractivity (Wildman–Crippen MR) is 98.4 cm³/mol. The van der Waals surface area contributed by atoms with Gasteiger partial charge in [-0.3, -0.25) is 0 Å². The Morgan fingerprint density at radius 3 is 2.64 bits per heavy atom. The second-order valence-electron chi connectivity index (χ2n) is 6.27. The number of fused-ring (bicyclic) bond motifs is 3. The Bertz CT molecular complexity index is 946. The van der Waals surface area contributed by atoms with E-state index in [4.69, 9.17) is 14.6 Å². The normalized spacial score (nSPS) is 15.1. The van der Waals surface area contributed by atoms with Crippen molar-refractivity contribution in [3.8, 4) is 22.8 Å². The smallest absolute Gasteiger partial charge is 0.151 e. The summed E-state index contributed by atoms with van der Waals surface area (Å²) in [6, 6.07) is 14.3. The number of aryl methyl sites for hydroxylation is 2. The van der Waals surface area contributed by atoms with Crippen LogP contribution in [-0.2, 0) is 0 Å². The molecule has 0 fully saturated rings. The first-order valence-corrected chi connectivity index (χ1v) is 8.27. The molecule has 2 aromatic carbocycles. The van der Waals surface area contributed by atoms with Crippen LogP contribution in [0.4, 0.5) is 5.69 Å². The molecule has 4 rings (SSSR count). The maximum Gasteiger partial charge on any atom is 0.151 e. The average molecular weight is 335 g/mol. The van der Waals surface area contributed by atoms with Crippen LogP contribution in [0.1, 0.15) is 23.0 Å². The third-order valence-corrected chi connectivity index (χ3v) is 4.66. The summed E-state index contributed by atoms with van der Waals surface area (Å²) < 4.78 is 13.0. The zero-order valence-electron chi connectivity index (χ0n) is 14.8. The highest BCUT2D eigenvalue weighted by molar-refractivity contribution is 5.81. The minimum absolute atomic E-state index is 0.164. The summed E-state index contributed by atoms with van der Waals surface area (Å²) in [5.74, 6) is 1.59. The molecule has 0 radical (unpaired) electrons. The highest BCUT2D eigenvalue weighted by Gasteiger charge is 2.29. The number of anilines is 1. The molecule has 25 heavy (non-hydrogen) atoms. The third-order valence-electron chi connectivity index (χ3n) is 4.66. The molecule has 5 heteroatoms. The summed E-state index contributed by atoms with van der Waals surface area (Å²) in [5, 5.41) is 8.37. The van der Waals surface area contributed by atoms with E-state index in [1.807, 2.05) is 29.8 Å². The van der Waals surface area contributed by atoms with E-state index in [1.165, 1.54) is 11.1 Å². The molecule has 2 heterocycles. The van der Waals surface area contributed by atoms with Gasteiger partial charge in [-0.2, -0.15) is 5.10 Å². The molecule has 0 saturated carbocycles. The second-order valence-corrected chi connectivity index (χ2v) is 6.27. The lowest BCUT2D eigenvalue weighted by atomic mass is 10.00. The van der Waals surface area contributed by atoms with Gasteiger partial charge in [0, 0.05) is 16.8 Å². The fraction of sp³-hybridized carbons (Fsp3) is 0.250. The molecule has 0 bridgehead atoms. The van der Waals surface area contributed by atoms with Crippen molar-refractivity contribution in [1.82, 2.24) is 9.78 Å². The van der Waals surface area contributed by atoms with Crippen LogP contribution in [-0.4, -0.2) is 24.0 Å². The molecular weight excluding hydrogens is 314 g/mol. The van der Waals surface area contributed by atoms with Gasteiger partial charge >= 0.3 is 0 Å². The molecule has 0 amide bonds. The van der Waals surface area contributed by atoms with Crippen LogP contribution in [0.3, 0.4) is 0 Å². The number of aromatic nitrogens is 2. The molecule has 3 aromatic rings. The van der Waals surface area contributed by atoms with Gasteiger partial charge in [0.1, 0.15) is 11.5 Å². The fourth-order valence-corrected chi connectivity index (χ4v) is 3.45. The zero-order chi connectivity index (χ0) is 17.6. The first-order chi connectivity index (χ1) is 12.1. The lowest BCUT2D eigenvalue weighted by Gasteiger charge is -2.31. The van der Waals surface area contributed by atoms with Gasteiger partial charge in [-0.1, -0.05) is 18.2 Å². The van der Waals surface area contributed by atoms with Crippen molar-refractivity contribution in [2.45, 2.75) is 20.0 Å². The average Bonchev–Trinajstić information content (AvgIpc) is 3.02. The van der Waals surface area contributed by atoms with Crippen LogP contribution in [0.15, 0.2) is 42.5 Å². The molecule has 5 nitrogen and oxygen atoms in total. The lowest BCUT2D eigenvalue weighted by Crippen LogP contribution is -2.26. The molecule has 1 aliphatic heterocycles. The molecule has 1 aromatic heterocycles. The van der Waals surface area contributed by atoms with Crippen molar-refractivity contribution < 1.29 is 9.47 Å². The van der Waals surface area contributed by atoms with E-state index in [2.05, 4.69) is 36.5 Å². The minimum atomic E-state index is -0.164. The Hall–Kier alpha value is -2.95. The number of benzene rings is 2. The van der Waals surface area contributed by atoms with E-state index in [1.54, 1.807) is 14.2 Å². The van der Waals surface area contributed by atoms with Crippen molar-refractivity contribution in [3.63, 3.8) is 0 Å². The number of hydrogen-bond acceptors (Lipinski definition) is 4. The molecule has 1 N–H and O–H groups in total. The maximum atomic E-state index is 5.60. The van der Waals surface area contributed by atoms with Gasteiger partial charge in [-0.15, -0.1) is 0 Å². The van der Waals surface area contributed by atoms with E-state index in [-0.39, 0.29) is 6.17 Å². The van der Waals surface area contributed by atoms with Gasteiger partial charge in [-0.25, -0.2) is 4.68 Å². The second kappa shape index (κ2) is 5.84. The topological polar surface area (TPSA) is 48.3 Å². The van der Waals surface area contributed by atoms with Gasteiger partial charge in [0.05, 0.1) is 25.6 Å². The summed E-state index contributed by atoms with van der Waals surface area (Å²) in [7, 11) is 3.35. The van der Waals surface area contributed by atoms with E-state index >= 15 is 0 Å². The van der Waals surface area contributed by atoms with Crippen molar-refractivity contribution in [2.24, 2.45) is 0 Å². The SMILES string of the molecule is COc1ccc(OC)c(C2Nc3c(C)cccc3-c3cc(C)nn32)c1. The first-order valence-electron chi connectivity index (χ1n) is 8.27. The van der Waals surface area contributed by atoms with Crippen LogP contribution in [0.5, 0.6) is 11.5 Å². The first kappa shape index (κ1) is 15.6. The van der Waals surface area contributed by atoms with Crippen LogP contribution < -0.4 is 14.8 Å². The predicted octanol–water partition coefficient (Wildman–Crippen LogP) is 4.16. The van der Waals surface area contributed by atoms with Gasteiger partial charge in [-0.05, 0) is 43.7 Å². The van der Waals surface area contributed by atoms with Gasteiger partial charge in [0.2, 0.25) is 0 Å². The van der Waals surface area contributed by atoms with Gasteiger partial charge in [0.15, 0.2) is 6.17 Å². The monoisotopic (exact) mass is 335 g/mol. The summed E-state index contributed by atoms with van der Waals surface area (Å²) in [6.07, 6.45) is -0.164. The lowest BCUT2D eigenvalue weighted by molar-refractivity contribution is 0.391. The molecule has 0 saturated heterocycles. The van der Waals surface area contributed by atoms with E-state index < -0.39 is 0 Å². The number of para-hydroxylation sites is 1. The number of methoxy groups -OCH3 is 2. The third kappa shape index (κ3) is 2.43. The van der Waals surface area contributed by atoms with Crippen molar-refractivity contribution in [1.29, 1.82) is 0 Å². The summed E-state index contributed by atoms with van der Waals surface area (Å²) in [6.45, 7) is 4.13. The Morgan fingerprint density at radius 1 is 1.04 bits per heavy atom. The number of nitrogens with zero attached hydrogens (tertiary/aromatic N) is 2. The Labute approximate surface area is 147 Å². The van der Waals surface area contributed by atoms with Gasteiger partial charge < -0.3 is 14.8 Å².